The number of anilines is 1. The van der Waals surface area contributed by atoms with Gasteiger partial charge in [-0.2, -0.15) is 0 Å². The van der Waals surface area contributed by atoms with E-state index in [9.17, 15) is 20.1 Å². The third-order valence-electron chi connectivity index (χ3n) is 5.27. The van der Waals surface area contributed by atoms with Crippen LogP contribution >= 0.6 is 11.3 Å². The van der Waals surface area contributed by atoms with Crippen molar-refractivity contribution in [3.8, 4) is 22.8 Å². The van der Waals surface area contributed by atoms with Crippen molar-refractivity contribution in [3.63, 3.8) is 0 Å². The van der Waals surface area contributed by atoms with E-state index in [0.717, 1.165) is 0 Å². The Morgan fingerprint density at radius 1 is 1.48 bits per heavy atom. The Balaban J connectivity index is 1.82. The molecule has 1 amide bonds. The highest BCUT2D eigenvalue weighted by molar-refractivity contribution is 7.17. The molecule has 11 heteroatoms. The molecule has 6 N–H and O–H groups in total. The molecule has 1 saturated heterocycles. The Morgan fingerprint density at radius 2 is 2.26 bits per heavy atom. The fourth-order valence-electron chi connectivity index (χ4n) is 3.69. The molecule has 162 valence electrons. The normalized spacial score (nSPS) is 25.6. The Bertz CT molecular complexity index is 1180. The van der Waals surface area contributed by atoms with Crippen LogP contribution in [0.25, 0.3) is 21.5 Å². The molecular weight excluding hydrogens is 422 g/mol. The molecule has 10 nitrogen and oxygen atoms in total. The van der Waals surface area contributed by atoms with Crippen LogP contribution in [0, 0.1) is 12.3 Å². The van der Waals surface area contributed by atoms with Gasteiger partial charge < -0.3 is 35.7 Å². The van der Waals surface area contributed by atoms with Crippen molar-refractivity contribution in [2.24, 2.45) is 0 Å². The zero-order valence-corrected chi connectivity index (χ0v) is 17.3. The number of aliphatic hydroxyl groups excluding tert-OH is 2. The maximum atomic E-state index is 12.2. The van der Waals surface area contributed by atoms with E-state index in [0.29, 0.717) is 26.4 Å². The number of terminal acetylenes is 1. The SMILES string of the molecule is C#CCNC(=O)c1ccc(-c2cn(C3OC(CO)C(O)C3(C)O)c3ncnc(N)c23)s1. The molecule has 31 heavy (non-hydrogen) atoms. The van der Waals surface area contributed by atoms with E-state index >= 15 is 0 Å². The summed E-state index contributed by atoms with van der Waals surface area (Å²) in [5, 5.41) is 33.9. The minimum atomic E-state index is -1.70. The minimum absolute atomic E-state index is 0.120. The lowest BCUT2D eigenvalue weighted by Crippen LogP contribution is -2.44. The number of nitrogen functional groups attached to an aromatic ring is 1. The largest absolute Gasteiger partial charge is 0.394 e. The van der Waals surface area contributed by atoms with E-state index in [2.05, 4.69) is 21.2 Å². The van der Waals surface area contributed by atoms with Crippen molar-refractivity contribution in [3.05, 3.63) is 29.5 Å². The Morgan fingerprint density at radius 3 is 2.94 bits per heavy atom. The van der Waals surface area contributed by atoms with Crippen molar-refractivity contribution in [1.29, 1.82) is 0 Å². The lowest BCUT2D eigenvalue weighted by atomic mass is 9.96. The van der Waals surface area contributed by atoms with Gasteiger partial charge in [0.15, 0.2) is 6.23 Å². The van der Waals surface area contributed by atoms with Crippen LogP contribution in [0.5, 0.6) is 0 Å². The van der Waals surface area contributed by atoms with E-state index in [1.54, 1.807) is 22.9 Å². The van der Waals surface area contributed by atoms with Crippen molar-refractivity contribution in [2.75, 3.05) is 18.9 Å². The number of nitrogens with one attached hydrogen (secondary N) is 1. The summed E-state index contributed by atoms with van der Waals surface area (Å²) in [5.74, 6) is 2.27. The molecule has 0 saturated carbocycles. The molecule has 1 aliphatic heterocycles. The predicted octanol–water partition coefficient (Wildman–Crippen LogP) is 0.107. The molecule has 4 unspecified atom stereocenters. The van der Waals surface area contributed by atoms with Crippen molar-refractivity contribution >= 4 is 34.1 Å². The van der Waals surface area contributed by atoms with Crippen molar-refractivity contribution in [2.45, 2.75) is 31.0 Å². The van der Waals surface area contributed by atoms with Gasteiger partial charge in [0.1, 0.15) is 35.6 Å². The van der Waals surface area contributed by atoms with Gasteiger partial charge in [-0.25, -0.2) is 9.97 Å². The molecular formula is C20H21N5O5S. The second-order valence-electron chi connectivity index (χ2n) is 7.34. The van der Waals surface area contributed by atoms with E-state index in [4.69, 9.17) is 16.9 Å². The molecule has 0 spiro atoms. The fraction of sp³-hybridized carbons (Fsp3) is 0.350. The number of aromatic nitrogens is 3. The zero-order chi connectivity index (χ0) is 22.3. The number of nitrogens with two attached hydrogens (primary N) is 1. The lowest BCUT2D eigenvalue weighted by molar-refractivity contribution is -0.0948. The van der Waals surface area contributed by atoms with Crippen LogP contribution in [0.2, 0.25) is 0 Å². The van der Waals surface area contributed by atoms with E-state index < -0.39 is 30.6 Å². The summed E-state index contributed by atoms with van der Waals surface area (Å²) < 4.78 is 7.30. The number of amides is 1. The molecule has 0 radical (unpaired) electrons. The average Bonchev–Trinajstić information content (AvgIpc) is 3.43. The number of hydrogen-bond acceptors (Lipinski definition) is 9. The monoisotopic (exact) mass is 443 g/mol. The molecule has 4 heterocycles. The second kappa shape index (κ2) is 7.92. The van der Waals surface area contributed by atoms with Gasteiger partial charge in [-0.3, -0.25) is 4.79 Å². The van der Waals surface area contributed by atoms with E-state index in [-0.39, 0.29) is 18.3 Å². The third kappa shape index (κ3) is 3.44. The summed E-state index contributed by atoms with van der Waals surface area (Å²) in [7, 11) is 0. The summed E-state index contributed by atoms with van der Waals surface area (Å²) in [6, 6.07) is 3.43. The van der Waals surface area contributed by atoms with Crippen LogP contribution in [-0.2, 0) is 4.74 Å². The zero-order valence-electron chi connectivity index (χ0n) is 16.5. The molecule has 1 fully saturated rings. The quantitative estimate of drug-likeness (QED) is 0.348. The van der Waals surface area contributed by atoms with Gasteiger partial charge in [-0.1, -0.05) is 5.92 Å². The number of nitrogens with zero attached hydrogens (tertiary/aromatic N) is 3. The molecule has 0 bridgehead atoms. The molecule has 1 aliphatic rings. The molecule has 3 aromatic heterocycles. The number of aliphatic hydroxyl groups is 3. The van der Waals surface area contributed by atoms with Gasteiger partial charge in [0.25, 0.3) is 5.91 Å². The maximum Gasteiger partial charge on any atom is 0.262 e. The molecule has 0 aromatic carbocycles. The highest BCUT2D eigenvalue weighted by atomic mass is 32.1. The molecule has 3 aromatic rings. The van der Waals surface area contributed by atoms with Gasteiger partial charge in [-0.05, 0) is 19.1 Å². The van der Waals surface area contributed by atoms with Crippen LogP contribution in [0.3, 0.4) is 0 Å². The van der Waals surface area contributed by atoms with Gasteiger partial charge in [-0.15, -0.1) is 17.8 Å². The number of carbonyl (C=O) groups excluding carboxylic acids is 1. The Kier molecular flexibility index (Phi) is 5.42. The first-order valence-corrected chi connectivity index (χ1v) is 10.2. The standard InChI is InChI=1S/C20H21N5O5S/c1-3-6-22-18(28)13-5-4-12(31-13)10-7-25(17-14(10)16(21)23-9-24-17)19-20(2,29)15(27)11(8-26)30-19/h1,4-5,7,9,11,15,19,26-27,29H,6,8H2,2H3,(H,22,28)(H2,21,23,24). The Labute approximate surface area is 181 Å². The number of hydrogen-bond donors (Lipinski definition) is 5. The average molecular weight is 443 g/mol. The van der Waals surface area contributed by atoms with Gasteiger partial charge in [0.05, 0.1) is 23.4 Å². The highest BCUT2D eigenvalue weighted by Crippen LogP contribution is 2.43. The fourth-order valence-corrected chi connectivity index (χ4v) is 4.63. The smallest absolute Gasteiger partial charge is 0.262 e. The van der Waals surface area contributed by atoms with Crippen LogP contribution in [0.4, 0.5) is 5.82 Å². The van der Waals surface area contributed by atoms with Gasteiger partial charge in [0.2, 0.25) is 0 Å². The van der Waals surface area contributed by atoms with Crippen LogP contribution < -0.4 is 11.1 Å². The summed E-state index contributed by atoms with van der Waals surface area (Å²) in [6.07, 6.45) is 4.84. The van der Waals surface area contributed by atoms with Crippen molar-refractivity contribution in [1.82, 2.24) is 19.9 Å². The topological polar surface area (TPSA) is 156 Å². The number of fused-ring (bicyclic) bond motifs is 1. The summed E-state index contributed by atoms with van der Waals surface area (Å²) in [6.45, 7) is 1.08. The Hall–Kier alpha value is -3.01. The first kappa shape index (κ1) is 21.2. The molecule has 4 rings (SSSR count). The predicted molar refractivity (Wildman–Crippen MR) is 114 cm³/mol. The van der Waals surface area contributed by atoms with E-state index in [1.807, 2.05) is 0 Å². The maximum absolute atomic E-state index is 12.2. The summed E-state index contributed by atoms with van der Waals surface area (Å²) >= 11 is 1.23. The number of thiophene rings is 1. The van der Waals surface area contributed by atoms with Crippen LogP contribution in [0.15, 0.2) is 24.7 Å². The first-order valence-electron chi connectivity index (χ1n) is 9.39. The third-order valence-corrected chi connectivity index (χ3v) is 6.39. The lowest BCUT2D eigenvalue weighted by Gasteiger charge is -2.27. The minimum Gasteiger partial charge on any atom is -0.394 e. The van der Waals surface area contributed by atoms with Gasteiger partial charge in [0, 0.05) is 16.6 Å². The van der Waals surface area contributed by atoms with Crippen LogP contribution in [-0.4, -0.2) is 66.7 Å². The highest BCUT2D eigenvalue weighted by Gasteiger charge is 2.53. The number of carbonyl (C=O) groups is 1. The second-order valence-corrected chi connectivity index (χ2v) is 8.42. The van der Waals surface area contributed by atoms with Crippen molar-refractivity contribution < 1.29 is 24.9 Å². The van der Waals surface area contributed by atoms with E-state index in [1.165, 1.54) is 24.6 Å². The summed E-state index contributed by atoms with van der Waals surface area (Å²) in [5.41, 5.74) is 5.45. The number of rotatable bonds is 5. The molecule has 4 atom stereocenters. The summed E-state index contributed by atoms with van der Waals surface area (Å²) in [4.78, 5) is 21.8. The first-order chi connectivity index (χ1) is 14.8. The van der Waals surface area contributed by atoms with Crippen LogP contribution in [0.1, 0.15) is 22.8 Å². The molecule has 0 aliphatic carbocycles. The number of ether oxygens (including phenoxy) is 1. The van der Waals surface area contributed by atoms with Gasteiger partial charge >= 0.3 is 0 Å².